The van der Waals surface area contributed by atoms with Crippen LogP contribution in [0.25, 0.3) is 10.9 Å². The van der Waals surface area contributed by atoms with Gasteiger partial charge in [-0.1, -0.05) is 18.2 Å². The third kappa shape index (κ3) is 3.69. The van der Waals surface area contributed by atoms with Gasteiger partial charge in [-0.05, 0) is 13.0 Å². The minimum Gasteiger partial charge on any atom is -0.478 e. The molecule has 1 aromatic heterocycles. The highest BCUT2D eigenvalue weighted by Crippen LogP contribution is 2.26. The van der Waals surface area contributed by atoms with Crippen molar-refractivity contribution in [3.63, 3.8) is 0 Å². The molecule has 0 radical (unpaired) electrons. The molecule has 0 aliphatic carbocycles. The fourth-order valence-corrected chi connectivity index (χ4v) is 3.19. The number of carboxylic acid groups (broad SMARTS) is 1. The summed E-state index contributed by atoms with van der Waals surface area (Å²) >= 11 is 0. The van der Waals surface area contributed by atoms with E-state index in [0.29, 0.717) is 16.6 Å². The van der Waals surface area contributed by atoms with Gasteiger partial charge in [0, 0.05) is 23.9 Å². The second-order valence-corrected chi connectivity index (χ2v) is 7.19. The van der Waals surface area contributed by atoms with E-state index in [9.17, 15) is 18.3 Å². The molecule has 0 amide bonds. The summed E-state index contributed by atoms with van der Waals surface area (Å²) in [5.74, 6) is -1.19. The molecule has 2 N–H and O–H groups in total. The van der Waals surface area contributed by atoms with Crippen molar-refractivity contribution in [3.8, 4) is 0 Å². The molecule has 7 heteroatoms. The maximum atomic E-state index is 11.3. The van der Waals surface area contributed by atoms with Crippen LogP contribution in [0, 0.1) is 0 Å². The quantitative estimate of drug-likeness (QED) is 0.874. The van der Waals surface area contributed by atoms with Crippen molar-refractivity contribution in [1.82, 2.24) is 4.98 Å². The van der Waals surface area contributed by atoms with Gasteiger partial charge >= 0.3 is 5.97 Å². The van der Waals surface area contributed by atoms with Crippen LogP contribution in [0.5, 0.6) is 0 Å². The van der Waals surface area contributed by atoms with Gasteiger partial charge in [0.2, 0.25) is 0 Å². The monoisotopic (exact) mass is 308 g/mol. The number of hydrogen-bond acceptors (Lipinski definition) is 5. The third-order valence-electron chi connectivity index (χ3n) is 2.95. The highest BCUT2D eigenvalue weighted by atomic mass is 32.2. The summed E-state index contributed by atoms with van der Waals surface area (Å²) in [7, 11) is -3.16. The molecule has 6 nitrogen and oxygen atoms in total. The molecule has 0 fully saturated rings. The fraction of sp³-hybridized carbons (Fsp3) is 0.286. The maximum Gasteiger partial charge on any atom is 0.339 e. The highest BCUT2D eigenvalue weighted by Gasteiger charge is 2.18. The smallest absolute Gasteiger partial charge is 0.339 e. The molecule has 1 heterocycles. The summed E-state index contributed by atoms with van der Waals surface area (Å²) in [5.41, 5.74) is 1.06. The van der Waals surface area contributed by atoms with Gasteiger partial charge in [-0.3, -0.25) is 4.98 Å². The average molecular weight is 308 g/mol. The van der Waals surface area contributed by atoms with E-state index >= 15 is 0 Å². The van der Waals surface area contributed by atoms with E-state index in [0.717, 1.165) is 6.26 Å². The molecule has 112 valence electrons. The van der Waals surface area contributed by atoms with E-state index in [1.807, 2.05) is 0 Å². The molecule has 1 unspecified atom stereocenters. The number of sulfone groups is 1. The van der Waals surface area contributed by atoms with Crippen LogP contribution in [0.3, 0.4) is 0 Å². The molecule has 21 heavy (non-hydrogen) atoms. The van der Waals surface area contributed by atoms with Crippen molar-refractivity contribution >= 4 is 32.4 Å². The van der Waals surface area contributed by atoms with Crippen LogP contribution in [0.4, 0.5) is 5.69 Å². The number of carbonyl (C=O) groups is 1. The molecule has 0 saturated heterocycles. The molecule has 0 saturated carbocycles. The van der Waals surface area contributed by atoms with Gasteiger partial charge in [0.15, 0.2) is 0 Å². The van der Waals surface area contributed by atoms with Gasteiger partial charge in [0.1, 0.15) is 15.4 Å². The molecule has 2 aromatic rings. The van der Waals surface area contributed by atoms with Crippen molar-refractivity contribution in [2.24, 2.45) is 0 Å². The number of anilines is 1. The third-order valence-corrected chi connectivity index (χ3v) is 4.05. The molecular formula is C14H16N2O4S. The van der Waals surface area contributed by atoms with E-state index in [1.54, 1.807) is 31.2 Å². The van der Waals surface area contributed by atoms with Crippen LogP contribution in [0.2, 0.25) is 0 Å². The summed E-state index contributed by atoms with van der Waals surface area (Å²) < 4.78 is 22.7. The minimum atomic E-state index is -3.16. The number of para-hydroxylation sites is 1. The van der Waals surface area contributed by atoms with Crippen LogP contribution in [-0.4, -0.2) is 42.5 Å². The predicted octanol–water partition coefficient (Wildman–Crippen LogP) is 1.78. The Balaban J connectivity index is 2.49. The van der Waals surface area contributed by atoms with Crippen molar-refractivity contribution in [2.45, 2.75) is 13.0 Å². The number of carboxylic acids is 1. The van der Waals surface area contributed by atoms with E-state index < -0.39 is 21.8 Å². The Kier molecular flexibility index (Phi) is 4.13. The maximum absolute atomic E-state index is 11.3. The van der Waals surface area contributed by atoms with Crippen LogP contribution in [-0.2, 0) is 9.84 Å². The number of pyridine rings is 1. The number of benzene rings is 1. The average Bonchev–Trinajstić information content (AvgIpc) is 2.36. The lowest BCUT2D eigenvalue weighted by Gasteiger charge is -2.17. The zero-order chi connectivity index (χ0) is 15.6. The molecule has 0 aliphatic rings. The van der Waals surface area contributed by atoms with Crippen LogP contribution < -0.4 is 5.32 Å². The van der Waals surface area contributed by atoms with Crippen LogP contribution >= 0.6 is 0 Å². The van der Waals surface area contributed by atoms with E-state index in [-0.39, 0.29) is 11.3 Å². The van der Waals surface area contributed by atoms with Crippen LogP contribution in [0.15, 0.2) is 30.5 Å². The molecule has 2 rings (SSSR count). The SMILES string of the molecule is CC(CS(C)(=O)=O)Nc1c(C(=O)O)cnc2ccccc12. The predicted molar refractivity (Wildman–Crippen MR) is 81.5 cm³/mol. The zero-order valence-electron chi connectivity index (χ0n) is 11.7. The number of rotatable bonds is 5. The lowest BCUT2D eigenvalue weighted by molar-refractivity contribution is 0.0697. The number of fused-ring (bicyclic) bond motifs is 1. The van der Waals surface area contributed by atoms with Crippen molar-refractivity contribution in [2.75, 3.05) is 17.3 Å². The first-order valence-electron chi connectivity index (χ1n) is 6.33. The van der Waals surface area contributed by atoms with Crippen LogP contribution in [0.1, 0.15) is 17.3 Å². The Hall–Kier alpha value is -2.15. The summed E-state index contributed by atoms with van der Waals surface area (Å²) in [6.45, 7) is 1.70. The van der Waals surface area contributed by atoms with Crippen molar-refractivity contribution in [3.05, 3.63) is 36.0 Å². The van der Waals surface area contributed by atoms with Gasteiger partial charge in [-0.25, -0.2) is 13.2 Å². The number of nitrogens with one attached hydrogen (secondary N) is 1. The largest absolute Gasteiger partial charge is 0.478 e. The Bertz CT molecular complexity index is 787. The Morgan fingerprint density at radius 2 is 2.05 bits per heavy atom. The number of aromatic nitrogens is 1. The highest BCUT2D eigenvalue weighted by molar-refractivity contribution is 7.90. The van der Waals surface area contributed by atoms with Crippen molar-refractivity contribution in [1.29, 1.82) is 0 Å². The van der Waals surface area contributed by atoms with Gasteiger partial charge in [0.05, 0.1) is 17.0 Å². The standard InChI is InChI=1S/C14H16N2O4S/c1-9(8-21(2,19)20)16-13-10-5-3-4-6-12(10)15-7-11(13)14(17)18/h3-7,9H,8H2,1-2H3,(H,15,16)(H,17,18). The molecular weight excluding hydrogens is 292 g/mol. The Labute approximate surface area is 122 Å². The summed E-state index contributed by atoms with van der Waals surface area (Å²) in [5, 5.41) is 12.9. The molecule has 0 aliphatic heterocycles. The molecule has 0 spiro atoms. The van der Waals surface area contributed by atoms with E-state index in [2.05, 4.69) is 10.3 Å². The first kappa shape index (κ1) is 15.2. The molecule has 1 atom stereocenters. The zero-order valence-corrected chi connectivity index (χ0v) is 12.5. The normalized spacial score (nSPS) is 13.0. The lowest BCUT2D eigenvalue weighted by Crippen LogP contribution is -2.26. The van der Waals surface area contributed by atoms with Crippen molar-refractivity contribution < 1.29 is 18.3 Å². The van der Waals surface area contributed by atoms with E-state index in [4.69, 9.17) is 0 Å². The fourth-order valence-electron chi connectivity index (χ4n) is 2.20. The molecule has 0 bridgehead atoms. The number of hydrogen-bond donors (Lipinski definition) is 2. The van der Waals surface area contributed by atoms with Gasteiger partial charge in [-0.2, -0.15) is 0 Å². The topological polar surface area (TPSA) is 96.4 Å². The summed E-state index contributed by atoms with van der Waals surface area (Å²) in [4.78, 5) is 15.4. The molecule has 1 aromatic carbocycles. The lowest BCUT2D eigenvalue weighted by atomic mass is 10.1. The second kappa shape index (κ2) is 5.69. The number of aromatic carboxylic acids is 1. The van der Waals surface area contributed by atoms with Gasteiger partial charge in [-0.15, -0.1) is 0 Å². The van der Waals surface area contributed by atoms with Gasteiger partial charge in [0.25, 0.3) is 0 Å². The first-order chi connectivity index (χ1) is 9.78. The Morgan fingerprint density at radius 1 is 1.38 bits per heavy atom. The second-order valence-electron chi connectivity index (χ2n) is 5.01. The first-order valence-corrected chi connectivity index (χ1v) is 8.39. The Morgan fingerprint density at radius 3 is 2.67 bits per heavy atom. The van der Waals surface area contributed by atoms with E-state index in [1.165, 1.54) is 6.20 Å². The minimum absolute atomic E-state index is 0.0223. The van der Waals surface area contributed by atoms with Gasteiger partial charge < -0.3 is 10.4 Å². The summed E-state index contributed by atoms with van der Waals surface area (Å²) in [6, 6.07) is 6.70. The summed E-state index contributed by atoms with van der Waals surface area (Å²) in [6.07, 6.45) is 2.42. The number of nitrogens with zero attached hydrogens (tertiary/aromatic N) is 1.